The highest BCUT2D eigenvalue weighted by atomic mass is 35.5. The second-order valence-electron chi connectivity index (χ2n) is 6.25. The zero-order chi connectivity index (χ0) is 18.3. The lowest BCUT2D eigenvalue weighted by Gasteiger charge is -2.22. The predicted octanol–water partition coefficient (Wildman–Crippen LogP) is 2.95. The SMILES string of the molecule is O=C(O)CN[C@@H]1c2ccccc2C[C@H]1NC(=O)c1cc2cc(Cl)sc2[nH]1. The predicted molar refractivity (Wildman–Crippen MR) is 101 cm³/mol. The number of H-pyrrole nitrogens is 1. The molecule has 0 spiro atoms. The Bertz CT molecular complexity index is 965. The van der Waals surface area contributed by atoms with Crippen LogP contribution in [0.4, 0.5) is 0 Å². The molecule has 1 aliphatic rings. The van der Waals surface area contributed by atoms with E-state index in [1.807, 2.05) is 30.3 Å². The average Bonchev–Trinajstić information content (AvgIpc) is 3.23. The third-order valence-electron chi connectivity index (χ3n) is 4.55. The quantitative estimate of drug-likeness (QED) is 0.539. The van der Waals surface area contributed by atoms with E-state index in [9.17, 15) is 9.59 Å². The maximum Gasteiger partial charge on any atom is 0.317 e. The van der Waals surface area contributed by atoms with Crippen LogP contribution < -0.4 is 10.6 Å². The van der Waals surface area contributed by atoms with Crippen LogP contribution in [0.2, 0.25) is 4.34 Å². The van der Waals surface area contributed by atoms with Crippen molar-refractivity contribution in [2.75, 3.05) is 6.54 Å². The number of carboxylic acid groups (broad SMARTS) is 1. The normalized spacial score (nSPS) is 18.8. The topological polar surface area (TPSA) is 94.2 Å². The molecule has 1 aromatic carbocycles. The summed E-state index contributed by atoms with van der Waals surface area (Å²) in [5.41, 5.74) is 2.61. The van der Waals surface area contributed by atoms with E-state index < -0.39 is 5.97 Å². The summed E-state index contributed by atoms with van der Waals surface area (Å²) in [5, 5.41) is 15.9. The van der Waals surface area contributed by atoms with Gasteiger partial charge in [-0.05, 0) is 29.7 Å². The van der Waals surface area contributed by atoms with Gasteiger partial charge in [0.1, 0.15) is 10.5 Å². The minimum atomic E-state index is -0.930. The van der Waals surface area contributed by atoms with Gasteiger partial charge in [0.25, 0.3) is 5.91 Å². The lowest BCUT2D eigenvalue weighted by Crippen LogP contribution is -2.44. The molecule has 1 amide bonds. The van der Waals surface area contributed by atoms with Crippen LogP contribution in [-0.2, 0) is 11.2 Å². The molecule has 0 unspecified atom stereocenters. The van der Waals surface area contributed by atoms with Crippen LogP contribution in [0, 0.1) is 0 Å². The van der Waals surface area contributed by atoms with Gasteiger partial charge in [0.2, 0.25) is 0 Å². The lowest BCUT2D eigenvalue weighted by atomic mass is 10.1. The number of carboxylic acids is 1. The minimum Gasteiger partial charge on any atom is -0.480 e. The van der Waals surface area contributed by atoms with Gasteiger partial charge < -0.3 is 15.4 Å². The molecule has 8 heteroatoms. The van der Waals surface area contributed by atoms with Crippen LogP contribution in [0.25, 0.3) is 10.2 Å². The number of halogens is 1. The fourth-order valence-electron chi connectivity index (χ4n) is 3.44. The summed E-state index contributed by atoms with van der Waals surface area (Å²) in [5.74, 6) is -1.15. The first-order valence-electron chi connectivity index (χ1n) is 8.13. The standard InChI is InChI=1S/C18H16ClN3O3S/c19-14-7-10-6-13(22-18(10)26-14)17(25)21-12-5-9-3-1-2-4-11(9)16(12)20-8-15(23)24/h1-4,6-7,12,16,20,22H,5,8H2,(H,21,25)(H,23,24)/t12-,16-/m1/s1. The molecular formula is C18H16ClN3O3S. The molecule has 6 nitrogen and oxygen atoms in total. The van der Waals surface area contributed by atoms with Crippen LogP contribution in [0.5, 0.6) is 0 Å². The molecule has 4 rings (SSSR count). The van der Waals surface area contributed by atoms with Gasteiger partial charge in [-0.15, -0.1) is 11.3 Å². The first-order chi connectivity index (χ1) is 12.5. The van der Waals surface area contributed by atoms with Gasteiger partial charge in [-0.25, -0.2) is 0 Å². The largest absolute Gasteiger partial charge is 0.480 e. The number of hydrogen-bond acceptors (Lipinski definition) is 4. The van der Waals surface area contributed by atoms with E-state index in [-0.39, 0.29) is 24.5 Å². The number of carbonyl (C=O) groups excluding carboxylic acids is 1. The van der Waals surface area contributed by atoms with E-state index in [4.69, 9.17) is 16.7 Å². The monoisotopic (exact) mass is 389 g/mol. The van der Waals surface area contributed by atoms with Crippen molar-refractivity contribution in [3.63, 3.8) is 0 Å². The smallest absolute Gasteiger partial charge is 0.317 e. The molecule has 1 aliphatic carbocycles. The Hall–Kier alpha value is -2.35. The van der Waals surface area contributed by atoms with Gasteiger partial charge in [0.05, 0.1) is 23.0 Å². The zero-order valence-electron chi connectivity index (χ0n) is 13.6. The fourth-order valence-corrected chi connectivity index (χ4v) is 4.57. The second kappa shape index (κ2) is 6.75. The molecule has 0 saturated carbocycles. The van der Waals surface area contributed by atoms with Crippen LogP contribution in [0.3, 0.4) is 0 Å². The Kier molecular flexibility index (Phi) is 4.44. The minimum absolute atomic E-state index is 0.165. The number of thiophene rings is 1. The summed E-state index contributed by atoms with van der Waals surface area (Å²) >= 11 is 7.35. The highest BCUT2D eigenvalue weighted by Crippen LogP contribution is 2.32. The fraction of sp³-hybridized carbons (Fsp3) is 0.222. The number of aromatic amines is 1. The Balaban J connectivity index is 1.54. The van der Waals surface area contributed by atoms with E-state index in [2.05, 4.69) is 15.6 Å². The molecule has 0 saturated heterocycles. The van der Waals surface area contributed by atoms with Crippen LogP contribution in [-0.4, -0.2) is 34.6 Å². The number of rotatable bonds is 5. The molecule has 0 radical (unpaired) electrons. The van der Waals surface area contributed by atoms with E-state index in [0.29, 0.717) is 16.5 Å². The number of aromatic nitrogens is 1. The maximum absolute atomic E-state index is 12.7. The Morgan fingerprint density at radius 1 is 1.31 bits per heavy atom. The number of carbonyl (C=O) groups is 2. The number of nitrogens with one attached hydrogen (secondary N) is 3. The van der Waals surface area contributed by atoms with Gasteiger partial charge in [0, 0.05) is 5.39 Å². The summed E-state index contributed by atoms with van der Waals surface area (Å²) in [6.45, 7) is -0.165. The third kappa shape index (κ3) is 3.21. The first kappa shape index (κ1) is 17.1. The Labute approximate surface area is 158 Å². The molecule has 2 heterocycles. The highest BCUT2D eigenvalue weighted by Gasteiger charge is 2.33. The number of aliphatic carboxylic acids is 1. The molecule has 0 bridgehead atoms. The molecular weight excluding hydrogens is 374 g/mol. The average molecular weight is 390 g/mol. The molecule has 2 atom stereocenters. The summed E-state index contributed by atoms with van der Waals surface area (Å²) in [4.78, 5) is 27.6. The number of benzene rings is 1. The van der Waals surface area contributed by atoms with Crippen LogP contribution in [0.1, 0.15) is 27.7 Å². The van der Waals surface area contributed by atoms with E-state index >= 15 is 0 Å². The number of amides is 1. The molecule has 2 aromatic heterocycles. The molecule has 0 aliphatic heterocycles. The van der Waals surface area contributed by atoms with Crippen molar-refractivity contribution < 1.29 is 14.7 Å². The lowest BCUT2D eigenvalue weighted by molar-refractivity contribution is -0.136. The van der Waals surface area contributed by atoms with Gasteiger partial charge in [-0.1, -0.05) is 35.9 Å². The van der Waals surface area contributed by atoms with Gasteiger partial charge in [0.15, 0.2) is 0 Å². The van der Waals surface area contributed by atoms with Crippen molar-refractivity contribution in [3.8, 4) is 0 Å². The van der Waals surface area contributed by atoms with Crippen molar-refractivity contribution in [3.05, 3.63) is 57.6 Å². The van der Waals surface area contributed by atoms with Crippen molar-refractivity contribution in [2.45, 2.75) is 18.5 Å². The number of hydrogen-bond donors (Lipinski definition) is 4. The van der Waals surface area contributed by atoms with Crippen molar-refractivity contribution >= 4 is 45.0 Å². The third-order valence-corrected chi connectivity index (χ3v) is 5.74. The van der Waals surface area contributed by atoms with E-state index in [0.717, 1.165) is 21.3 Å². The summed E-state index contributed by atoms with van der Waals surface area (Å²) in [7, 11) is 0. The molecule has 134 valence electrons. The second-order valence-corrected chi connectivity index (χ2v) is 7.94. The molecule has 0 fully saturated rings. The van der Waals surface area contributed by atoms with Crippen molar-refractivity contribution in [1.82, 2.24) is 15.6 Å². The summed E-state index contributed by atoms with van der Waals surface area (Å²) in [6.07, 6.45) is 0.653. The van der Waals surface area contributed by atoms with Crippen LogP contribution >= 0.6 is 22.9 Å². The molecule has 4 N–H and O–H groups in total. The van der Waals surface area contributed by atoms with Crippen LogP contribution in [0.15, 0.2) is 36.4 Å². The Morgan fingerprint density at radius 2 is 2.12 bits per heavy atom. The van der Waals surface area contributed by atoms with E-state index in [1.54, 1.807) is 6.07 Å². The van der Waals surface area contributed by atoms with Crippen molar-refractivity contribution in [1.29, 1.82) is 0 Å². The highest BCUT2D eigenvalue weighted by molar-refractivity contribution is 7.22. The maximum atomic E-state index is 12.7. The van der Waals surface area contributed by atoms with Gasteiger partial charge in [-0.3, -0.25) is 14.9 Å². The van der Waals surface area contributed by atoms with Gasteiger partial charge >= 0.3 is 5.97 Å². The van der Waals surface area contributed by atoms with Crippen molar-refractivity contribution in [2.24, 2.45) is 0 Å². The first-order valence-corrected chi connectivity index (χ1v) is 9.32. The summed E-state index contributed by atoms with van der Waals surface area (Å²) in [6, 6.07) is 11.0. The molecule has 26 heavy (non-hydrogen) atoms. The van der Waals surface area contributed by atoms with Gasteiger partial charge in [-0.2, -0.15) is 0 Å². The Morgan fingerprint density at radius 3 is 2.88 bits per heavy atom. The number of fused-ring (bicyclic) bond motifs is 2. The zero-order valence-corrected chi connectivity index (χ0v) is 15.2. The van der Waals surface area contributed by atoms with E-state index in [1.165, 1.54) is 11.3 Å². The summed E-state index contributed by atoms with van der Waals surface area (Å²) < 4.78 is 0.669. The molecule has 3 aromatic rings.